The van der Waals surface area contributed by atoms with Crippen LogP contribution < -0.4 is 10.6 Å². The number of carbonyl (C=O) groups excluding carboxylic acids is 2. The van der Waals surface area contributed by atoms with Crippen molar-refractivity contribution in [1.82, 2.24) is 29.3 Å². The van der Waals surface area contributed by atoms with Crippen LogP contribution in [0.5, 0.6) is 0 Å². The van der Waals surface area contributed by atoms with Gasteiger partial charge in [-0.25, -0.2) is 0 Å². The average Bonchev–Trinajstić information content (AvgIpc) is 3.43. The van der Waals surface area contributed by atoms with E-state index in [-0.39, 0.29) is 17.1 Å². The molecule has 0 aromatic carbocycles. The average molecular weight is 429 g/mol. The van der Waals surface area contributed by atoms with Crippen LogP contribution in [0.25, 0.3) is 0 Å². The summed E-state index contributed by atoms with van der Waals surface area (Å²) >= 11 is 0. The lowest BCUT2D eigenvalue weighted by Gasteiger charge is -2.23. The van der Waals surface area contributed by atoms with E-state index in [1.165, 1.54) is 28.0 Å². The molecular weight excluding hydrogens is 406 g/mol. The Morgan fingerprint density at radius 3 is 2.35 bits per heavy atom. The monoisotopic (exact) mass is 429 g/mol. The summed E-state index contributed by atoms with van der Waals surface area (Å²) in [7, 11) is 1.76. The number of nitro groups is 1. The van der Waals surface area contributed by atoms with Crippen molar-refractivity contribution in [2.75, 3.05) is 10.6 Å². The van der Waals surface area contributed by atoms with Crippen LogP contribution in [0.2, 0.25) is 0 Å². The minimum Gasteiger partial charge on any atom is -0.321 e. The predicted molar refractivity (Wildman–Crippen MR) is 111 cm³/mol. The first-order chi connectivity index (χ1) is 14.6. The third-order valence-electron chi connectivity index (χ3n) is 4.99. The van der Waals surface area contributed by atoms with E-state index >= 15 is 0 Å². The van der Waals surface area contributed by atoms with E-state index < -0.39 is 22.3 Å². The largest absolute Gasteiger partial charge is 0.321 e. The summed E-state index contributed by atoms with van der Waals surface area (Å²) in [5.74, 6) is -0.981. The normalized spacial score (nSPS) is 11.4. The highest BCUT2D eigenvalue weighted by Gasteiger charge is 2.33. The lowest BCUT2D eigenvalue weighted by molar-refractivity contribution is -0.385. The maximum atomic E-state index is 13.0. The van der Waals surface area contributed by atoms with Crippen molar-refractivity contribution < 1.29 is 14.5 Å². The second-order valence-electron chi connectivity index (χ2n) is 7.36. The number of carbonyl (C=O) groups is 2. The SMILES string of the molecule is CCn1ncc(NC(=O)C(C)(C)n2cc([N+](=O)[O-])cn2)c1C(=O)Nc1cnn(C)c1C. The number of amides is 2. The Morgan fingerprint density at radius 2 is 1.81 bits per heavy atom. The first-order valence-electron chi connectivity index (χ1n) is 9.43. The molecule has 0 bridgehead atoms. The minimum atomic E-state index is -1.27. The molecule has 13 heteroatoms. The van der Waals surface area contributed by atoms with E-state index in [0.717, 1.165) is 11.9 Å². The molecular formula is C18H23N9O4. The lowest BCUT2D eigenvalue weighted by atomic mass is 10.0. The van der Waals surface area contributed by atoms with E-state index in [2.05, 4.69) is 25.9 Å². The molecule has 0 aliphatic carbocycles. The van der Waals surface area contributed by atoms with Crippen LogP contribution in [-0.2, 0) is 23.9 Å². The number of rotatable bonds is 7. The van der Waals surface area contributed by atoms with Gasteiger partial charge >= 0.3 is 5.69 Å². The number of aryl methyl sites for hydroxylation is 2. The fourth-order valence-electron chi connectivity index (χ4n) is 2.85. The van der Waals surface area contributed by atoms with Gasteiger partial charge in [-0.15, -0.1) is 0 Å². The van der Waals surface area contributed by atoms with Crippen molar-refractivity contribution in [3.05, 3.63) is 46.3 Å². The Hall–Kier alpha value is -4.03. The molecule has 0 aliphatic rings. The van der Waals surface area contributed by atoms with Gasteiger partial charge in [-0.2, -0.15) is 15.3 Å². The van der Waals surface area contributed by atoms with Crippen LogP contribution in [0, 0.1) is 17.0 Å². The number of anilines is 2. The minimum absolute atomic E-state index is 0.168. The molecule has 0 unspecified atom stereocenters. The summed E-state index contributed by atoms with van der Waals surface area (Å²) in [6.07, 6.45) is 5.16. The smallest absolute Gasteiger partial charge is 0.307 e. The van der Waals surface area contributed by atoms with Gasteiger partial charge in [-0.1, -0.05) is 0 Å². The third kappa shape index (κ3) is 4.01. The number of hydrogen-bond donors (Lipinski definition) is 2. The topological polar surface area (TPSA) is 155 Å². The molecule has 13 nitrogen and oxygen atoms in total. The van der Waals surface area contributed by atoms with Gasteiger partial charge in [-0.05, 0) is 27.7 Å². The van der Waals surface area contributed by atoms with Gasteiger partial charge in [0.05, 0.1) is 34.4 Å². The molecule has 31 heavy (non-hydrogen) atoms. The highest BCUT2D eigenvalue weighted by atomic mass is 16.6. The zero-order valence-corrected chi connectivity index (χ0v) is 17.8. The molecule has 0 saturated heterocycles. The summed E-state index contributed by atoms with van der Waals surface area (Å²) in [6.45, 7) is 7.15. The van der Waals surface area contributed by atoms with E-state index in [4.69, 9.17) is 0 Å². The maximum absolute atomic E-state index is 13.0. The van der Waals surface area contributed by atoms with Crippen LogP contribution >= 0.6 is 0 Å². The first-order valence-corrected chi connectivity index (χ1v) is 9.43. The van der Waals surface area contributed by atoms with Crippen LogP contribution in [0.1, 0.15) is 37.0 Å². The van der Waals surface area contributed by atoms with E-state index in [1.54, 1.807) is 25.6 Å². The van der Waals surface area contributed by atoms with Crippen LogP contribution in [-0.4, -0.2) is 46.1 Å². The van der Waals surface area contributed by atoms with Crippen LogP contribution in [0.3, 0.4) is 0 Å². The molecule has 0 aliphatic heterocycles. The maximum Gasteiger partial charge on any atom is 0.307 e. The molecule has 164 valence electrons. The summed E-state index contributed by atoms with van der Waals surface area (Å²) in [5.41, 5.74) is 0.185. The second-order valence-corrected chi connectivity index (χ2v) is 7.36. The molecule has 3 rings (SSSR count). The summed E-state index contributed by atoms with van der Waals surface area (Å²) in [5, 5.41) is 28.6. The molecule has 3 aromatic rings. The highest BCUT2D eigenvalue weighted by molar-refractivity contribution is 6.09. The molecule has 2 amide bonds. The molecule has 2 N–H and O–H groups in total. The molecule has 0 radical (unpaired) electrons. The summed E-state index contributed by atoms with van der Waals surface area (Å²) in [6, 6.07) is 0. The van der Waals surface area contributed by atoms with Gasteiger partial charge in [0.1, 0.15) is 23.6 Å². The van der Waals surface area contributed by atoms with Crippen molar-refractivity contribution in [3.8, 4) is 0 Å². The lowest BCUT2D eigenvalue weighted by Crippen LogP contribution is -2.41. The highest BCUT2D eigenvalue weighted by Crippen LogP contribution is 2.24. The molecule has 0 fully saturated rings. The first kappa shape index (κ1) is 21.7. The van der Waals surface area contributed by atoms with E-state index in [0.29, 0.717) is 12.2 Å². The molecule has 3 aromatic heterocycles. The second kappa shape index (κ2) is 8.01. The van der Waals surface area contributed by atoms with Crippen molar-refractivity contribution >= 4 is 28.9 Å². The Bertz CT molecular complexity index is 1150. The molecule has 0 atom stereocenters. The van der Waals surface area contributed by atoms with E-state index in [9.17, 15) is 19.7 Å². The third-order valence-corrected chi connectivity index (χ3v) is 4.99. The van der Waals surface area contributed by atoms with Crippen molar-refractivity contribution in [2.24, 2.45) is 7.05 Å². The number of hydrogen-bond acceptors (Lipinski definition) is 7. The number of nitrogens with one attached hydrogen (secondary N) is 2. The van der Waals surface area contributed by atoms with Crippen molar-refractivity contribution in [2.45, 2.75) is 39.8 Å². The molecule has 0 saturated carbocycles. The summed E-state index contributed by atoms with van der Waals surface area (Å²) < 4.78 is 4.28. The van der Waals surface area contributed by atoms with Crippen LogP contribution in [0.4, 0.5) is 17.1 Å². The fourth-order valence-corrected chi connectivity index (χ4v) is 2.85. The number of aromatic nitrogens is 6. The fraction of sp³-hybridized carbons (Fsp3) is 0.389. The standard InChI is InChI=1S/C18H23N9O4/c1-6-25-15(16(28)22-13-8-19-24(5)11(13)2)14(9-20-25)23-17(29)18(3,4)26-10-12(7-21-26)27(30)31/h7-10H,6H2,1-5H3,(H,22,28)(H,23,29). The van der Waals surface area contributed by atoms with Gasteiger partial charge < -0.3 is 10.6 Å². The Morgan fingerprint density at radius 1 is 1.13 bits per heavy atom. The Kier molecular flexibility index (Phi) is 5.60. The van der Waals surface area contributed by atoms with Crippen molar-refractivity contribution in [1.29, 1.82) is 0 Å². The Labute approximate surface area is 177 Å². The van der Waals surface area contributed by atoms with Gasteiger partial charge in [0.15, 0.2) is 0 Å². The van der Waals surface area contributed by atoms with Gasteiger partial charge in [0.25, 0.3) is 11.8 Å². The Balaban J connectivity index is 1.86. The van der Waals surface area contributed by atoms with Gasteiger partial charge in [0, 0.05) is 13.6 Å². The predicted octanol–water partition coefficient (Wildman–Crippen LogP) is 1.68. The summed E-state index contributed by atoms with van der Waals surface area (Å²) in [4.78, 5) is 36.3. The quantitative estimate of drug-likeness (QED) is 0.427. The van der Waals surface area contributed by atoms with Gasteiger partial charge in [-0.3, -0.25) is 33.7 Å². The van der Waals surface area contributed by atoms with E-state index in [1.807, 2.05) is 13.8 Å². The van der Waals surface area contributed by atoms with Crippen molar-refractivity contribution in [3.63, 3.8) is 0 Å². The zero-order chi connectivity index (χ0) is 22.9. The molecule has 0 spiro atoms. The molecule has 3 heterocycles. The number of nitrogens with zero attached hydrogens (tertiary/aromatic N) is 7. The van der Waals surface area contributed by atoms with Crippen LogP contribution in [0.15, 0.2) is 24.8 Å². The van der Waals surface area contributed by atoms with Gasteiger partial charge in [0.2, 0.25) is 0 Å². The zero-order valence-electron chi connectivity index (χ0n) is 17.8.